The summed E-state index contributed by atoms with van der Waals surface area (Å²) < 4.78 is 12.0. The number of anilines is 1. The van der Waals surface area contributed by atoms with Crippen molar-refractivity contribution in [3.8, 4) is 6.07 Å². The van der Waals surface area contributed by atoms with Gasteiger partial charge in [-0.25, -0.2) is 4.98 Å². The van der Waals surface area contributed by atoms with E-state index in [9.17, 15) is 0 Å². The fraction of sp³-hybridized carbons (Fsp3) is 0.500. The number of rotatable bonds is 7. The van der Waals surface area contributed by atoms with E-state index in [1.807, 2.05) is 6.07 Å². The second-order valence-corrected chi connectivity index (χ2v) is 8.89. The third-order valence-electron chi connectivity index (χ3n) is 6.42. The van der Waals surface area contributed by atoms with Crippen molar-refractivity contribution in [2.45, 2.75) is 38.0 Å². The summed E-state index contributed by atoms with van der Waals surface area (Å²) in [5.41, 5.74) is 4.36. The molecule has 1 aromatic carbocycles. The van der Waals surface area contributed by atoms with E-state index < -0.39 is 0 Å². The van der Waals surface area contributed by atoms with E-state index in [0.717, 1.165) is 57.4 Å². The molecule has 1 N–H and O–H groups in total. The Labute approximate surface area is 177 Å². The summed E-state index contributed by atoms with van der Waals surface area (Å²) >= 11 is 0. The largest absolute Gasteiger partial charge is 0.366 e. The number of nitrogens with zero attached hydrogens (tertiary/aromatic N) is 3. The van der Waals surface area contributed by atoms with Gasteiger partial charge in [-0.05, 0) is 42.0 Å². The highest BCUT2D eigenvalue weighted by atomic mass is 16.7. The zero-order chi connectivity index (χ0) is 20.4. The molecule has 1 aromatic heterocycles. The van der Waals surface area contributed by atoms with E-state index in [1.165, 1.54) is 24.0 Å². The molecule has 0 bridgehead atoms. The van der Waals surface area contributed by atoms with E-state index in [1.54, 1.807) is 12.3 Å². The first-order valence-corrected chi connectivity index (χ1v) is 10.9. The maximum atomic E-state index is 9.06. The van der Waals surface area contributed by atoms with Crippen molar-refractivity contribution < 1.29 is 9.47 Å². The van der Waals surface area contributed by atoms with Crippen LogP contribution in [0.3, 0.4) is 0 Å². The van der Waals surface area contributed by atoms with Crippen LogP contribution in [0.5, 0.6) is 0 Å². The van der Waals surface area contributed by atoms with Crippen LogP contribution in [0.1, 0.15) is 42.0 Å². The molecule has 0 atom stereocenters. The zero-order valence-electron chi connectivity index (χ0n) is 17.2. The second-order valence-electron chi connectivity index (χ2n) is 8.89. The molecule has 6 nitrogen and oxygen atoms in total. The first-order chi connectivity index (χ1) is 14.7. The van der Waals surface area contributed by atoms with Gasteiger partial charge >= 0.3 is 0 Å². The Morgan fingerprint density at radius 1 is 1.10 bits per heavy atom. The quantitative estimate of drug-likeness (QED) is 0.764. The minimum atomic E-state index is -0.165. The van der Waals surface area contributed by atoms with Crippen LogP contribution in [0.4, 0.5) is 5.69 Å². The van der Waals surface area contributed by atoms with Gasteiger partial charge < -0.3 is 19.7 Å². The van der Waals surface area contributed by atoms with Gasteiger partial charge in [-0.1, -0.05) is 24.3 Å². The highest BCUT2D eigenvalue weighted by Crippen LogP contribution is 2.40. The minimum Gasteiger partial charge on any atom is -0.366 e. The summed E-state index contributed by atoms with van der Waals surface area (Å²) in [5.74, 6) is 0.771. The van der Waals surface area contributed by atoms with Crippen LogP contribution < -0.4 is 10.2 Å². The molecule has 2 aromatic rings. The van der Waals surface area contributed by atoms with Crippen LogP contribution in [-0.4, -0.2) is 44.1 Å². The lowest BCUT2D eigenvalue weighted by atomic mass is 9.83. The Bertz CT molecular complexity index is 888. The van der Waals surface area contributed by atoms with E-state index in [4.69, 9.17) is 14.7 Å². The summed E-state index contributed by atoms with van der Waals surface area (Å²) in [5, 5.41) is 12.4. The molecular formula is C24H28N4O2. The molecule has 156 valence electrons. The maximum absolute atomic E-state index is 9.06. The first kappa shape index (κ1) is 19.5. The molecule has 6 heteroatoms. The molecule has 3 heterocycles. The second kappa shape index (κ2) is 8.35. The average molecular weight is 405 g/mol. The number of nitriles is 1. The third kappa shape index (κ3) is 4.34. The van der Waals surface area contributed by atoms with Crippen molar-refractivity contribution in [3.63, 3.8) is 0 Å². The highest BCUT2D eigenvalue weighted by molar-refractivity contribution is 5.46. The molecule has 3 fully saturated rings. The lowest BCUT2D eigenvalue weighted by molar-refractivity contribution is -0.239. The van der Waals surface area contributed by atoms with Gasteiger partial charge in [0.25, 0.3) is 0 Å². The molecule has 1 saturated carbocycles. The van der Waals surface area contributed by atoms with Crippen LogP contribution in [0, 0.1) is 16.7 Å². The number of pyridine rings is 1. The van der Waals surface area contributed by atoms with E-state index in [2.05, 4.69) is 45.5 Å². The summed E-state index contributed by atoms with van der Waals surface area (Å²) in [6.45, 7) is 5.10. The van der Waals surface area contributed by atoms with Crippen LogP contribution in [0.2, 0.25) is 0 Å². The zero-order valence-corrected chi connectivity index (χ0v) is 17.2. The van der Waals surface area contributed by atoms with Gasteiger partial charge in [0.1, 0.15) is 11.8 Å². The van der Waals surface area contributed by atoms with Crippen molar-refractivity contribution in [3.05, 3.63) is 59.4 Å². The van der Waals surface area contributed by atoms with Gasteiger partial charge in [0.2, 0.25) is 0 Å². The number of ether oxygens (including phenoxy) is 2. The van der Waals surface area contributed by atoms with Crippen molar-refractivity contribution in [2.24, 2.45) is 5.41 Å². The van der Waals surface area contributed by atoms with E-state index in [-0.39, 0.29) is 11.7 Å². The molecule has 1 spiro atoms. The monoisotopic (exact) mass is 404 g/mol. The Balaban J connectivity index is 1.24. The molecule has 0 radical (unpaired) electrons. The number of nitrogens with one attached hydrogen (secondary N) is 1. The molecule has 2 saturated heterocycles. The van der Waals surface area contributed by atoms with Gasteiger partial charge in [0.05, 0.1) is 25.1 Å². The predicted octanol–water partition coefficient (Wildman–Crippen LogP) is 3.19. The van der Waals surface area contributed by atoms with Crippen LogP contribution in [0.25, 0.3) is 0 Å². The molecular weight excluding hydrogens is 376 g/mol. The molecule has 0 unspecified atom stereocenters. The molecule has 1 aliphatic carbocycles. The molecule has 3 aliphatic rings. The number of aromatic nitrogens is 1. The Morgan fingerprint density at radius 2 is 1.87 bits per heavy atom. The van der Waals surface area contributed by atoms with Crippen molar-refractivity contribution in [1.82, 2.24) is 10.3 Å². The Morgan fingerprint density at radius 3 is 2.43 bits per heavy atom. The third-order valence-corrected chi connectivity index (χ3v) is 6.42. The normalized spacial score (nSPS) is 20.5. The van der Waals surface area contributed by atoms with E-state index >= 15 is 0 Å². The molecule has 2 aliphatic heterocycles. The maximum Gasteiger partial charge on any atom is 0.159 e. The number of hydrogen-bond donors (Lipinski definition) is 1. The molecule has 30 heavy (non-hydrogen) atoms. The predicted molar refractivity (Wildman–Crippen MR) is 114 cm³/mol. The summed E-state index contributed by atoms with van der Waals surface area (Å²) in [6.07, 6.45) is 5.06. The van der Waals surface area contributed by atoms with Crippen LogP contribution in [0.15, 0.2) is 42.6 Å². The van der Waals surface area contributed by atoms with Gasteiger partial charge in [-0.15, -0.1) is 0 Å². The lowest BCUT2D eigenvalue weighted by Gasteiger charge is -2.46. The van der Waals surface area contributed by atoms with Crippen molar-refractivity contribution in [1.29, 1.82) is 5.26 Å². The fourth-order valence-corrected chi connectivity index (χ4v) is 4.21. The molecule has 0 amide bonds. The van der Waals surface area contributed by atoms with Gasteiger partial charge in [0, 0.05) is 38.0 Å². The van der Waals surface area contributed by atoms with Crippen molar-refractivity contribution in [2.75, 3.05) is 37.7 Å². The smallest absolute Gasteiger partial charge is 0.159 e. The fourth-order valence-electron chi connectivity index (χ4n) is 4.21. The standard InChI is InChI=1S/C24H28N4O2/c25-11-21-7-8-22(12-27-21)28(13-18-1-3-19(4-2-18)20-5-6-20)10-9-23-29-16-24(17-30-23)14-26-15-24/h1-4,7-8,12,20,23,26H,5-6,9-10,13-17H2. The van der Waals surface area contributed by atoms with Crippen LogP contribution in [-0.2, 0) is 16.0 Å². The molecule has 5 rings (SSSR count). The van der Waals surface area contributed by atoms with Crippen LogP contribution >= 0.6 is 0 Å². The topological polar surface area (TPSA) is 70.4 Å². The first-order valence-electron chi connectivity index (χ1n) is 10.9. The number of benzene rings is 1. The van der Waals surface area contributed by atoms with Gasteiger partial charge in [0.15, 0.2) is 6.29 Å². The summed E-state index contributed by atoms with van der Waals surface area (Å²) in [7, 11) is 0. The Kier molecular flexibility index (Phi) is 5.43. The highest BCUT2D eigenvalue weighted by Gasteiger charge is 2.42. The lowest BCUT2D eigenvalue weighted by Crippen LogP contribution is -2.61. The van der Waals surface area contributed by atoms with Crippen molar-refractivity contribution >= 4 is 5.69 Å². The Hall–Kier alpha value is -2.46. The SMILES string of the molecule is N#Cc1ccc(N(CCC2OCC3(CNC3)CO2)Cc2ccc(C3CC3)cc2)cn1. The van der Waals surface area contributed by atoms with Gasteiger partial charge in [-0.3, -0.25) is 0 Å². The summed E-state index contributed by atoms with van der Waals surface area (Å²) in [6, 6.07) is 14.8. The van der Waals surface area contributed by atoms with Gasteiger partial charge in [-0.2, -0.15) is 5.26 Å². The average Bonchev–Trinajstić information content (AvgIpc) is 3.62. The number of hydrogen-bond acceptors (Lipinski definition) is 6. The minimum absolute atomic E-state index is 0.165. The summed E-state index contributed by atoms with van der Waals surface area (Å²) in [4.78, 5) is 6.56. The van der Waals surface area contributed by atoms with E-state index in [0.29, 0.717) is 5.69 Å².